The van der Waals surface area contributed by atoms with Crippen molar-refractivity contribution in [3.8, 4) is 0 Å². The number of esters is 1. The van der Waals surface area contributed by atoms with Crippen molar-refractivity contribution in [1.82, 2.24) is 0 Å². The first-order valence-electron chi connectivity index (χ1n) is 3.15. The summed E-state index contributed by atoms with van der Waals surface area (Å²) >= 11 is 9.53. The summed E-state index contributed by atoms with van der Waals surface area (Å²) in [5.41, 5.74) is -0.328. The predicted molar refractivity (Wildman–Crippen MR) is 48.1 cm³/mol. The molecule has 68 valence electrons. The molecule has 0 aliphatic carbocycles. The van der Waals surface area contributed by atoms with E-state index in [1.54, 1.807) is 0 Å². The van der Waals surface area contributed by atoms with Crippen LogP contribution in [0, 0.1) is 0 Å². The second-order valence-corrected chi connectivity index (χ2v) is 3.62. The molecule has 0 spiro atoms. The van der Waals surface area contributed by atoms with Crippen LogP contribution < -0.4 is 0 Å². The third-order valence-electron chi connectivity index (χ3n) is 0.450. The fourth-order valence-electron chi connectivity index (χ4n) is 0.431. The fourth-order valence-corrected chi connectivity index (χ4v) is 0.431. The molecule has 4 heteroatoms. The van der Waals surface area contributed by atoms with E-state index in [4.69, 9.17) is 27.9 Å². The molecule has 0 fully saturated rings. The number of carbonyl (C=O) groups is 1. The molecule has 0 aliphatic heterocycles. The zero-order valence-electron chi connectivity index (χ0n) is 7.28. The minimum atomic E-state index is -0.328. The third-order valence-corrected chi connectivity index (χ3v) is 0.450. The molecule has 0 aromatic carbocycles. The van der Waals surface area contributed by atoms with E-state index in [0.717, 1.165) is 0 Å². The predicted octanol–water partition coefficient (Wildman–Crippen LogP) is 2.77. The van der Waals surface area contributed by atoms with Crippen LogP contribution in [0.2, 0.25) is 0 Å². The molecule has 2 nitrogen and oxygen atoms in total. The summed E-state index contributed by atoms with van der Waals surface area (Å²) < 4.78 is 4.80. The largest absolute Gasteiger partial charge is 0.460 e. The highest BCUT2D eigenvalue weighted by Gasteiger charge is 2.11. The van der Waals surface area contributed by atoms with Gasteiger partial charge >= 0.3 is 5.97 Å². The van der Waals surface area contributed by atoms with Gasteiger partial charge in [0.15, 0.2) is 0 Å². The van der Waals surface area contributed by atoms with Gasteiger partial charge in [0.05, 0.1) is 5.34 Å². The zero-order valence-corrected chi connectivity index (χ0v) is 8.79. The quantitative estimate of drug-likeness (QED) is 0.445. The van der Waals surface area contributed by atoms with Gasteiger partial charge in [0, 0.05) is 6.92 Å². The molecule has 0 unspecified atom stereocenters. The minimum absolute atomic E-state index is 0.194. The molecule has 0 amide bonds. The summed E-state index contributed by atoms with van der Waals surface area (Å²) in [7, 11) is 0. The van der Waals surface area contributed by atoms with Gasteiger partial charge in [-0.05, 0) is 20.8 Å². The van der Waals surface area contributed by atoms with Gasteiger partial charge in [-0.15, -0.1) is 23.2 Å². The molecule has 0 aliphatic rings. The maximum Gasteiger partial charge on any atom is 0.303 e. The summed E-state index contributed by atoms with van der Waals surface area (Å²) in [4.78, 5) is 10.2. The Balaban J connectivity index is 0. The van der Waals surface area contributed by atoms with Crippen molar-refractivity contribution in [3.05, 3.63) is 0 Å². The molecule has 0 bridgehead atoms. The third kappa shape index (κ3) is 25.5. The average molecular weight is 201 g/mol. The maximum atomic E-state index is 10.2. The van der Waals surface area contributed by atoms with E-state index in [1.807, 2.05) is 20.8 Å². The lowest BCUT2D eigenvalue weighted by molar-refractivity contribution is -0.151. The van der Waals surface area contributed by atoms with Crippen molar-refractivity contribution >= 4 is 29.2 Å². The minimum Gasteiger partial charge on any atom is -0.460 e. The number of ether oxygens (including phenoxy) is 1. The molecule has 0 atom stereocenters. The highest BCUT2D eigenvalue weighted by Crippen LogP contribution is 2.05. The molecule has 0 saturated heterocycles. The van der Waals surface area contributed by atoms with E-state index in [-0.39, 0.29) is 16.9 Å². The van der Waals surface area contributed by atoms with Gasteiger partial charge in [-0.25, -0.2) is 0 Å². The number of alkyl halides is 2. The van der Waals surface area contributed by atoms with Crippen LogP contribution >= 0.6 is 23.2 Å². The second-order valence-electron chi connectivity index (χ2n) is 2.81. The standard InChI is InChI=1S/C6H12O2.CH2Cl2/c1-5(7)8-6(2,3)4;2-1-3/h1-4H3;1H2. The van der Waals surface area contributed by atoms with Gasteiger partial charge in [0.25, 0.3) is 0 Å². The number of carbonyl (C=O) groups excluding carboxylic acids is 1. The average Bonchev–Trinajstić information content (AvgIpc) is 1.57. The summed E-state index contributed by atoms with van der Waals surface area (Å²) in [6.07, 6.45) is 0. The zero-order chi connectivity index (χ0) is 9.49. The Kier molecular flexibility index (Phi) is 8.35. The Morgan fingerprint density at radius 1 is 1.36 bits per heavy atom. The Labute approximate surface area is 77.8 Å². The van der Waals surface area contributed by atoms with Crippen molar-refractivity contribution in [1.29, 1.82) is 0 Å². The maximum absolute atomic E-state index is 10.2. The smallest absolute Gasteiger partial charge is 0.303 e. The summed E-state index contributed by atoms with van der Waals surface area (Å²) in [6, 6.07) is 0. The van der Waals surface area contributed by atoms with Crippen LogP contribution in [-0.4, -0.2) is 16.9 Å². The Morgan fingerprint density at radius 2 is 1.64 bits per heavy atom. The van der Waals surface area contributed by atoms with Crippen molar-refractivity contribution in [2.45, 2.75) is 33.3 Å². The lowest BCUT2D eigenvalue weighted by atomic mass is 10.2. The lowest BCUT2D eigenvalue weighted by Crippen LogP contribution is -2.21. The summed E-state index contributed by atoms with van der Waals surface area (Å²) in [6.45, 7) is 6.93. The first-order valence-corrected chi connectivity index (χ1v) is 4.22. The topological polar surface area (TPSA) is 26.3 Å². The van der Waals surface area contributed by atoms with Crippen LogP contribution in [0.25, 0.3) is 0 Å². The first kappa shape index (κ1) is 13.6. The van der Waals surface area contributed by atoms with Crippen molar-refractivity contribution in [2.75, 3.05) is 5.34 Å². The molecular weight excluding hydrogens is 187 g/mol. The van der Waals surface area contributed by atoms with Crippen LogP contribution in [0.15, 0.2) is 0 Å². The van der Waals surface area contributed by atoms with Crippen LogP contribution in [-0.2, 0) is 9.53 Å². The molecule has 0 radical (unpaired) electrons. The van der Waals surface area contributed by atoms with Crippen molar-refractivity contribution < 1.29 is 9.53 Å². The van der Waals surface area contributed by atoms with Gasteiger partial charge in [-0.2, -0.15) is 0 Å². The molecule has 0 aromatic rings. The van der Waals surface area contributed by atoms with Crippen molar-refractivity contribution in [2.24, 2.45) is 0 Å². The van der Waals surface area contributed by atoms with Gasteiger partial charge in [0.1, 0.15) is 5.60 Å². The van der Waals surface area contributed by atoms with Gasteiger partial charge < -0.3 is 4.74 Å². The molecule has 0 aromatic heterocycles. The SMILES string of the molecule is CC(=O)OC(C)(C)C.ClCCl. The molecule has 0 heterocycles. The number of halogens is 2. The Morgan fingerprint density at radius 3 is 1.64 bits per heavy atom. The molecule has 11 heavy (non-hydrogen) atoms. The fraction of sp³-hybridized carbons (Fsp3) is 0.857. The first-order chi connectivity index (χ1) is 4.83. The van der Waals surface area contributed by atoms with E-state index >= 15 is 0 Å². The lowest BCUT2D eigenvalue weighted by Gasteiger charge is -2.17. The Hall–Kier alpha value is 0.0500. The van der Waals surface area contributed by atoms with E-state index in [1.165, 1.54) is 6.92 Å². The van der Waals surface area contributed by atoms with E-state index in [2.05, 4.69) is 0 Å². The van der Waals surface area contributed by atoms with Crippen LogP contribution in [0.1, 0.15) is 27.7 Å². The molecule has 0 saturated carbocycles. The molecular formula is C7H14Cl2O2. The van der Waals surface area contributed by atoms with Gasteiger partial charge in [-0.3, -0.25) is 4.79 Å². The molecule has 0 rings (SSSR count). The summed E-state index contributed by atoms with van der Waals surface area (Å²) in [5.74, 6) is -0.225. The van der Waals surface area contributed by atoms with Crippen LogP contribution in [0.4, 0.5) is 0 Å². The van der Waals surface area contributed by atoms with Crippen molar-refractivity contribution in [3.63, 3.8) is 0 Å². The van der Waals surface area contributed by atoms with Gasteiger partial charge in [-0.1, -0.05) is 0 Å². The number of hydrogen-bond acceptors (Lipinski definition) is 2. The molecule has 0 N–H and O–H groups in total. The number of rotatable bonds is 0. The van der Waals surface area contributed by atoms with Crippen LogP contribution in [0.5, 0.6) is 0 Å². The monoisotopic (exact) mass is 200 g/mol. The highest BCUT2D eigenvalue weighted by molar-refractivity contribution is 6.40. The summed E-state index contributed by atoms with van der Waals surface area (Å²) in [5, 5.41) is 0.194. The van der Waals surface area contributed by atoms with E-state index < -0.39 is 0 Å². The second kappa shape index (κ2) is 6.74. The van der Waals surface area contributed by atoms with Gasteiger partial charge in [0.2, 0.25) is 0 Å². The van der Waals surface area contributed by atoms with E-state index in [9.17, 15) is 4.79 Å². The Bertz CT molecular complexity index is 107. The van der Waals surface area contributed by atoms with E-state index in [0.29, 0.717) is 0 Å². The number of hydrogen-bond donors (Lipinski definition) is 0. The highest BCUT2D eigenvalue weighted by atomic mass is 35.5. The van der Waals surface area contributed by atoms with Crippen LogP contribution in [0.3, 0.4) is 0 Å². The normalized spacial score (nSPS) is 9.64.